The van der Waals surface area contributed by atoms with Crippen LogP contribution >= 0.6 is 11.8 Å². The minimum atomic E-state index is -0.322. The Labute approximate surface area is 150 Å². The van der Waals surface area contributed by atoms with Gasteiger partial charge in [-0.1, -0.05) is 25.6 Å². The van der Waals surface area contributed by atoms with Crippen molar-refractivity contribution in [3.05, 3.63) is 30.1 Å². The second-order valence-electron chi connectivity index (χ2n) is 6.72. The van der Waals surface area contributed by atoms with Crippen LogP contribution in [0.1, 0.15) is 20.3 Å². The smallest absolute Gasteiger partial charge is 0.233 e. The number of carbonyl (C=O) groups is 1. The second-order valence-corrected chi connectivity index (χ2v) is 7.66. The molecule has 1 amide bonds. The molecule has 1 aromatic heterocycles. The molecule has 6 nitrogen and oxygen atoms in total. The summed E-state index contributed by atoms with van der Waals surface area (Å²) in [5.41, 5.74) is 0.674. The molecule has 1 aromatic carbocycles. The summed E-state index contributed by atoms with van der Waals surface area (Å²) in [4.78, 5) is 14.4. The number of nitrogens with two attached hydrogens (primary N) is 1. The van der Waals surface area contributed by atoms with Crippen LogP contribution in [0.4, 0.5) is 4.39 Å². The number of piperidine rings is 1. The SMILES string of the molecule is C[C@@H]1C[C@@H](C)CN(C(=O)CSc2nnc(-c3ccc(F)cc3)n2N)C1. The van der Waals surface area contributed by atoms with Crippen LogP contribution in [0.5, 0.6) is 0 Å². The molecular formula is C17H22FN5OS. The van der Waals surface area contributed by atoms with Gasteiger partial charge in [0, 0.05) is 18.7 Å². The number of nitrogens with zero attached hydrogens (tertiary/aromatic N) is 4. The zero-order chi connectivity index (χ0) is 18.0. The molecule has 0 spiro atoms. The summed E-state index contributed by atoms with van der Waals surface area (Å²) in [7, 11) is 0. The molecule has 0 aliphatic carbocycles. The number of halogens is 1. The Morgan fingerprint density at radius 3 is 2.52 bits per heavy atom. The normalized spacial score (nSPS) is 20.7. The molecular weight excluding hydrogens is 341 g/mol. The number of hydrogen-bond acceptors (Lipinski definition) is 5. The van der Waals surface area contributed by atoms with Crippen molar-refractivity contribution in [2.24, 2.45) is 11.8 Å². The van der Waals surface area contributed by atoms with Crippen molar-refractivity contribution in [3.63, 3.8) is 0 Å². The molecule has 0 bridgehead atoms. The summed E-state index contributed by atoms with van der Waals surface area (Å²) in [6.45, 7) is 5.96. The van der Waals surface area contributed by atoms with E-state index in [0.29, 0.717) is 28.4 Å². The molecule has 3 rings (SSSR count). The van der Waals surface area contributed by atoms with Gasteiger partial charge in [0.15, 0.2) is 5.82 Å². The van der Waals surface area contributed by atoms with Crippen LogP contribution in [-0.4, -0.2) is 44.5 Å². The van der Waals surface area contributed by atoms with Gasteiger partial charge in [0.05, 0.1) is 5.75 Å². The number of nitrogen functional groups attached to an aromatic ring is 1. The fourth-order valence-corrected chi connectivity index (χ4v) is 4.01. The van der Waals surface area contributed by atoms with Crippen LogP contribution in [0.2, 0.25) is 0 Å². The molecule has 2 atom stereocenters. The van der Waals surface area contributed by atoms with Gasteiger partial charge >= 0.3 is 0 Å². The summed E-state index contributed by atoms with van der Waals surface area (Å²) >= 11 is 1.27. The van der Waals surface area contributed by atoms with Crippen LogP contribution < -0.4 is 5.84 Å². The minimum Gasteiger partial charge on any atom is -0.341 e. The van der Waals surface area contributed by atoms with Crippen molar-refractivity contribution in [3.8, 4) is 11.4 Å². The average molecular weight is 363 g/mol. The number of hydrogen-bond donors (Lipinski definition) is 1. The molecule has 2 aromatic rings. The van der Waals surface area contributed by atoms with Gasteiger partial charge < -0.3 is 10.7 Å². The predicted molar refractivity (Wildman–Crippen MR) is 95.8 cm³/mol. The first-order chi connectivity index (χ1) is 11.9. The van der Waals surface area contributed by atoms with Crippen molar-refractivity contribution in [2.75, 3.05) is 24.7 Å². The zero-order valence-electron chi connectivity index (χ0n) is 14.4. The van der Waals surface area contributed by atoms with E-state index in [1.54, 1.807) is 12.1 Å². The quantitative estimate of drug-likeness (QED) is 0.667. The van der Waals surface area contributed by atoms with Crippen LogP contribution in [0.25, 0.3) is 11.4 Å². The number of aromatic nitrogens is 3. The van der Waals surface area contributed by atoms with Crippen molar-refractivity contribution in [2.45, 2.75) is 25.4 Å². The van der Waals surface area contributed by atoms with Crippen molar-refractivity contribution in [1.29, 1.82) is 0 Å². The van der Waals surface area contributed by atoms with Crippen molar-refractivity contribution >= 4 is 17.7 Å². The molecule has 0 saturated carbocycles. The summed E-state index contributed by atoms with van der Waals surface area (Å²) in [6.07, 6.45) is 1.16. The molecule has 1 aliphatic heterocycles. The van der Waals surface area contributed by atoms with Gasteiger partial charge in [0.25, 0.3) is 0 Å². The fourth-order valence-electron chi connectivity index (χ4n) is 3.26. The number of rotatable bonds is 4. The maximum Gasteiger partial charge on any atom is 0.233 e. The third-order valence-corrected chi connectivity index (χ3v) is 5.24. The van der Waals surface area contributed by atoms with Gasteiger partial charge in [-0.25, -0.2) is 9.07 Å². The van der Waals surface area contributed by atoms with E-state index in [-0.39, 0.29) is 17.5 Å². The maximum absolute atomic E-state index is 13.0. The molecule has 25 heavy (non-hydrogen) atoms. The van der Waals surface area contributed by atoms with E-state index in [1.165, 1.54) is 28.6 Å². The molecule has 8 heteroatoms. The highest BCUT2D eigenvalue weighted by Crippen LogP contribution is 2.24. The van der Waals surface area contributed by atoms with E-state index >= 15 is 0 Å². The molecule has 0 radical (unpaired) electrons. The molecule has 1 fully saturated rings. The Bertz CT molecular complexity index is 738. The van der Waals surface area contributed by atoms with E-state index in [1.807, 2.05) is 4.90 Å². The number of amides is 1. The number of likely N-dealkylation sites (tertiary alicyclic amines) is 1. The van der Waals surface area contributed by atoms with E-state index in [2.05, 4.69) is 24.0 Å². The Balaban J connectivity index is 1.64. The summed E-state index contributed by atoms with van der Waals surface area (Å²) in [5.74, 6) is 7.58. The third kappa shape index (κ3) is 4.12. The minimum absolute atomic E-state index is 0.0923. The molecule has 1 saturated heterocycles. The Morgan fingerprint density at radius 1 is 1.24 bits per heavy atom. The molecule has 0 unspecified atom stereocenters. The van der Waals surface area contributed by atoms with Gasteiger partial charge in [0.1, 0.15) is 5.82 Å². The van der Waals surface area contributed by atoms with Crippen LogP contribution in [0.3, 0.4) is 0 Å². The van der Waals surface area contributed by atoms with Gasteiger partial charge in [-0.3, -0.25) is 4.79 Å². The van der Waals surface area contributed by atoms with Crippen LogP contribution in [0.15, 0.2) is 29.4 Å². The molecule has 2 N–H and O–H groups in total. The average Bonchev–Trinajstić information content (AvgIpc) is 2.93. The highest BCUT2D eigenvalue weighted by Gasteiger charge is 2.25. The summed E-state index contributed by atoms with van der Waals surface area (Å²) < 4.78 is 14.4. The highest BCUT2D eigenvalue weighted by atomic mass is 32.2. The lowest BCUT2D eigenvalue weighted by molar-refractivity contribution is -0.130. The highest BCUT2D eigenvalue weighted by molar-refractivity contribution is 7.99. The van der Waals surface area contributed by atoms with Crippen molar-refractivity contribution in [1.82, 2.24) is 19.8 Å². The summed E-state index contributed by atoms with van der Waals surface area (Å²) in [5, 5.41) is 8.56. The van der Waals surface area contributed by atoms with E-state index in [9.17, 15) is 9.18 Å². The molecule has 134 valence electrons. The lowest BCUT2D eigenvalue weighted by atomic mass is 9.92. The van der Waals surface area contributed by atoms with Crippen molar-refractivity contribution < 1.29 is 9.18 Å². The van der Waals surface area contributed by atoms with E-state index in [4.69, 9.17) is 5.84 Å². The zero-order valence-corrected chi connectivity index (χ0v) is 15.2. The van der Waals surface area contributed by atoms with Gasteiger partial charge in [-0.15, -0.1) is 10.2 Å². The van der Waals surface area contributed by atoms with Gasteiger partial charge in [-0.05, 0) is 42.5 Å². The Kier molecular flexibility index (Phi) is 5.27. The lowest BCUT2D eigenvalue weighted by Crippen LogP contribution is -2.43. The van der Waals surface area contributed by atoms with E-state index in [0.717, 1.165) is 19.5 Å². The monoisotopic (exact) mass is 363 g/mol. The number of carbonyl (C=O) groups excluding carboxylic acids is 1. The maximum atomic E-state index is 13.0. The molecule has 2 heterocycles. The molecule has 1 aliphatic rings. The largest absolute Gasteiger partial charge is 0.341 e. The van der Waals surface area contributed by atoms with Crippen LogP contribution in [-0.2, 0) is 4.79 Å². The van der Waals surface area contributed by atoms with Gasteiger partial charge in [-0.2, -0.15) is 0 Å². The van der Waals surface area contributed by atoms with E-state index < -0.39 is 0 Å². The first kappa shape index (κ1) is 17.7. The lowest BCUT2D eigenvalue weighted by Gasteiger charge is -2.34. The second kappa shape index (κ2) is 7.43. The third-order valence-electron chi connectivity index (χ3n) is 4.31. The number of benzene rings is 1. The van der Waals surface area contributed by atoms with Crippen LogP contribution in [0, 0.1) is 17.7 Å². The predicted octanol–water partition coefficient (Wildman–Crippen LogP) is 2.39. The van der Waals surface area contributed by atoms with Gasteiger partial charge in [0.2, 0.25) is 11.1 Å². The fraction of sp³-hybridized carbons (Fsp3) is 0.471. The number of thioether (sulfide) groups is 1. The standard InChI is InChI=1S/C17H22FN5OS/c1-11-7-12(2)9-22(8-11)15(24)10-25-17-21-20-16(23(17)19)13-3-5-14(18)6-4-13/h3-6,11-12H,7-10,19H2,1-2H3/t11-,12-/m1/s1. The Morgan fingerprint density at radius 2 is 1.88 bits per heavy atom. The first-order valence-corrected chi connectivity index (χ1v) is 9.29. The Hall–Kier alpha value is -2.09. The summed E-state index contributed by atoms with van der Waals surface area (Å²) in [6, 6.07) is 5.88. The topological polar surface area (TPSA) is 77.0 Å². The first-order valence-electron chi connectivity index (χ1n) is 8.31.